The molecule has 1 saturated heterocycles. The fourth-order valence-electron chi connectivity index (χ4n) is 3.91. The normalized spacial score (nSPS) is 16.0. The predicted molar refractivity (Wildman–Crippen MR) is 136 cm³/mol. The molecular weight excluding hydrogens is 511 g/mol. The Balaban J connectivity index is 1.60. The molecule has 182 valence electrons. The van der Waals surface area contributed by atoms with Crippen molar-refractivity contribution >= 4 is 50.9 Å². The van der Waals surface area contributed by atoms with Crippen molar-refractivity contribution in [3.63, 3.8) is 0 Å². The standard InChI is InChI=1S/C25H22ClFN2O4S2/c1-14-12-22(16(3)11-20(14)26)35(32,33)28-24(31)18-6-9-21(15(2)10-18)29-23(30)13-34-25(29)17-4-7-19(27)8-5-17/h4-12,25H,13H2,1-3H3,(H,28,31). The summed E-state index contributed by atoms with van der Waals surface area (Å²) >= 11 is 7.49. The van der Waals surface area contributed by atoms with Gasteiger partial charge in [-0.2, -0.15) is 0 Å². The van der Waals surface area contributed by atoms with Crippen molar-refractivity contribution in [2.75, 3.05) is 10.7 Å². The molecule has 0 radical (unpaired) electrons. The Morgan fingerprint density at radius 2 is 1.71 bits per heavy atom. The van der Waals surface area contributed by atoms with Crippen LogP contribution in [0.25, 0.3) is 0 Å². The Kier molecular flexibility index (Phi) is 6.95. The largest absolute Gasteiger partial charge is 0.295 e. The summed E-state index contributed by atoms with van der Waals surface area (Å²) in [6, 6.07) is 13.6. The van der Waals surface area contributed by atoms with Crippen molar-refractivity contribution in [3.05, 3.63) is 93.3 Å². The Morgan fingerprint density at radius 1 is 1.03 bits per heavy atom. The monoisotopic (exact) mass is 532 g/mol. The fourth-order valence-corrected chi connectivity index (χ4v) is 6.58. The average Bonchev–Trinajstić information content (AvgIpc) is 3.17. The Labute approximate surface area is 212 Å². The van der Waals surface area contributed by atoms with E-state index in [4.69, 9.17) is 11.6 Å². The van der Waals surface area contributed by atoms with Crippen molar-refractivity contribution in [2.24, 2.45) is 0 Å². The summed E-state index contributed by atoms with van der Waals surface area (Å²) in [4.78, 5) is 27.1. The number of benzene rings is 3. The zero-order valence-electron chi connectivity index (χ0n) is 19.1. The van der Waals surface area contributed by atoms with Crippen LogP contribution in [0.2, 0.25) is 5.02 Å². The summed E-state index contributed by atoms with van der Waals surface area (Å²) < 4.78 is 41.2. The lowest BCUT2D eigenvalue weighted by Crippen LogP contribution is -2.31. The second kappa shape index (κ2) is 9.64. The number of anilines is 1. The molecule has 35 heavy (non-hydrogen) atoms. The van der Waals surface area contributed by atoms with Crippen molar-refractivity contribution in [1.82, 2.24) is 4.72 Å². The van der Waals surface area contributed by atoms with Gasteiger partial charge in [0.15, 0.2) is 0 Å². The van der Waals surface area contributed by atoms with Gasteiger partial charge in [-0.15, -0.1) is 11.8 Å². The van der Waals surface area contributed by atoms with E-state index in [0.717, 1.165) is 5.56 Å². The highest BCUT2D eigenvalue weighted by Gasteiger charge is 2.35. The van der Waals surface area contributed by atoms with Crippen molar-refractivity contribution in [1.29, 1.82) is 0 Å². The zero-order valence-corrected chi connectivity index (χ0v) is 21.5. The molecule has 0 spiro atoms. The molecule has 1 fully saturated rings. The molecule has 1 aliphatic rings. The molecule has 0 bridgehead atoms. The fraction of sp³-hybridized carbons (Fsp3) is 0.200. The lowest BCUT2D eigenvalue weighted by Gasteiger charge is -2.26. The van der Waals surface area contributed by atoms with Crippen LogP contribution in [0.3, 0.4) is 0 Å². The second-order valence-electron chi connectivity index (χ2n) is 8.28. The molecule has 1 aliphatic heterocycles. The van der Waals surface area contributed by atoms with Crippen LogP contribution < -0.4 is 9.62 Å². The topological polar surface area (TPSA) is 83.6 Å². The van der Waals surface area contributed by atoms with Gasteiger partial charge in [0.05, 0.1) is 10.6 Å². The molecule has 1 N–H and O–H groups in total. The highest BCUT2D eigenvalue weighted by Crippen LogP contribution is 2.42. The van der Waals surface area contributed by atoms with E-state index in [1.165, 1.54) is 48.2 Å². The number of aryl methyl sites for hydroxylation is 3. The van der Waals surface area contributed by atoms with Crippen LogP contribution in [0.5, 0.6) is 0 Å². The molecule has 2 amide bonds. The average molecular weight is 533 g/mol. The third-order valence-electron chi connectivity index (χ3n) is 5.71. The summed E-state index contributed by atoms with van der Waals surface area (Å²) in [5.74, 6) is -0.994. The van der Waals surface area contributed by atoms with Gasteiger partial charge in [-0.05, 0) is 85.5 Å². The number of sulfonamides is 1. The van der Waals surface area contributed by atoms with Gasteiger partial charge in [0.25, 0.3) is 15.9 Å². The SMILES string of the molecule is Cc1cc(S(=O)(=O)NC(=O)c2ccc(N3C(=O)CSC3c3ccc(F)cc3)c(C)c2)c(C)cc1Cl. The molecular formula is C25H22ClFN2O4S2. The molecule has 6 nitrogen and oxygen atoms in total. The molecule has 0 aliphatic carbocycles. The summed E-state index contributed by atoms with van der Waals surface area (Å²) in [6.07, 6.45) is 0. The van der Waals surface area contributed by atoms with E-state index >= 15 is 0 Å². The summed E-state index contributed by atoms with van der Waals surface area (Å²) in [5, 5.41) is 0.102. The van der Waals surface area contributed by atoms with Gasteiger partial charge in [-0.3, -0.25) is 14.5 Å². The summed E-state index contributed by atoms with van der Waals surface area (Å²) in [7, 11) is -4.13. The van der Waals surface area contributed by atoms with Crippen LogP contribution in [0, 0.1) is 26.6 Å². The maximum absolute atomic E-state index is 13.4. The first-order valence-electron chi connectivity index (χ1n) is 10.6. The quantitative estimate of drug-likeness (QED) is 0.482. The Morgan fingerprint density at radius 3 is 2.37 bits per heavy atom. The molecule has 10 heteroatoms. The summed E-state index contributed by atoms with van der Waals surface area (Å²) in [5.41, 5.74) is 3.13. The number of hydrogen-bond acceptors (Lipinski definition) is 5. The van der Waals surface area contributed by atoms with Gasteiger partial charge >= 0.3 is 0 Å². The molecule has 0 aromatic heterocycles. The molecule has 3 aromatic carbocycles. The molecule has 1 atom stereocenters. The minimum absolute atomic E-state index is 0.0251. The van der Waals surface area contributed by atoms with E-state index < -0.39 is 15.9 Å². The maximum Gasteiger partial charge on any atom is 0.265 e. The van der Waals surface area contributed by atoms with Gasteiger partial charge in [0.1, 0.15) is 11.2 Å². The van der Waals surface area contributed by atoms with Crippen molar-refractivity contribution in [3.8, 4) is 0 Å². The third kappa shape index (κ3) is 5.07. The Bertz CT molecular complexity index is 1440. The van der Waals surface area contributed by atoms with Gasteiger partial charge < -0.3 is 0 Å². The maximum atomic E-state index is 13.4. The van der Waals surface area contributed by atoms with Crippen LogP contribution >= 0.6 is 23.4 Å². The first kappa shape index (κ1) is 25.2. The minimum Gasteiger partial charge on any atom is -0.295 e. The van der Waals surface area contributed by atoms with E-state index in [-0.39, 0.29) is 33.3 Å². The predicted octanol–water partition coefficient (Wildman–Crippen LogP) is 5.30. The Hall–Kier alpha value is -2.88. The van der Waals surface area contributed by atoms with E-state index in [1.807, 2.05) is 0 Å². The van der Waals surface area contributed by atoms with Crippen LogP contribution in [0.1, 0.15) is 38.0 Å². The van der Waals surface area contributed by atoms with E-state index in [1.54, 1.807) is 43.9 Å². The summed E-state index contributed by atoms with van der Waals surface area (Å²) in [6.45, 7) is 5.03. The lowest BCUT2D eigenvalue weighted by molar-refractivity contribution is -0.115. The first-order valence-corrected chi connectivity index (χ1v) is 13.5. The number of nitrogens with zero attached hydrogens (tertiary/aromatic N) is 1. The smallest absolute Gasteiger partial charge is 0.265 e. The number of amides is 2. The van der Waals surface area contributed by atoms with Crippen LogP contribution in [0.15, 0.2) is 59.5 Å². The van der Waals surface area contributed by atoms with Crippen molar-refractivity contribution < 1.29 is 22.4 Å². The van der Waals surface area contributed by atoms with E-state index in [0.29, 0.717) is 27.4 Å². The molecule has 1 unspecified atom stereocenters. The van der Waals surface area contributed by atoms with Gasteiger partial charge in [-0.1, -0.05) is 23.7 Å². The number of halogens is 2. The minimum atomic E-state index is -4.13. The lowest BCUT2D eigenvalue weighted by atomic mass is 10.1. The van der Waals surface area contributed by atoms with Crippen molar-refractivity contribution in [2.45, 2.75) is 31.0 Å². The van der Waals surface area contributed by atoms with Gasteiger partial charge in [0, 0.05) is 16.3 Å². The number of rotatable bonds is 5. The van der Waals surface area contributed by atoms with Crippen LogP contribution in [-0.4, -0.2) is 26.0 Å². The number of carbonyl (C=O) groups is 2. The van der Waals surface area contributed by atoms with Gasteiger partial charge in [-0.25, -0.2) is 17.5 Å². The molecule has 0 saturated carbocycles. The zero-order chi connectivity index (χ0) is 25.5. The highest BCUT2D eigenvalue weighted by molar-refractivity contribution is 8.00. The highest BCUT2D eigenvalue weighted by atomic mass is 35.5. The third-order valence-corrected chi connectivity index (χ3v) is 8.81. The molecule has 4 rings (SSSR count). The van der Waals surface area contributed by atoms with E-state index in [2.05, 4.69) is 4.72 Å². The first-order chi connectivity index (χ1) is 16.5. The number of hydrogen-bond donors (Lipinski definition) is 1. The van der Waals surface area contributed by atoms with E-state index in [9.17, 15) is 22.4 Å². The van der Waals surface area contributed by atoms with Crippen LogP contribution in [-0.2, 0) is 14.8 Å². The molecule has 3 aromatic rings. The van der Waals surface area contributed by atoms with Gasteiger partial charge in [0.2, 0.25) is 5.91 Å². The molecule has 1 heterocycles. The second-order valence-corrected chi connectivity index (χ2v) is 11.4. The van der Waals surface area contributed by atoms with Crippen LogP contribution in [0.4, 0.5) is 10.1 Å². The number of thioether (sulfide) groups is 1. The number of carbonyl (C=O) groups excluding carboxylic acids is 2. The number of nitrogens with one attached hydrogen (secondary N) is 1.